The predicted molar refractivity (Wildman–Crippen MR) is 95.4 cm³/mol. The zero-order valence-corrected chi connectivity index (χ0v) is 14.8. The number of nitrogens with zero attached hydrogens (tertiary/aromatic N) is 2. The first-order chi connectivity index (χ1) is 12.4. The summed E-state index contributed by atoms with van der Waals surface area (Å²) in [6.07, 6.45) is 1.44. The number of hydrogen-bond acceptors (Lipinski definition) is 5. The van der Waals surface area contributed by atoms with Gasteiger partial charge < -0.3 is 9.84 Å². The van der Waals surface area contributed by atoms with Crippen LogP contribution >= 0.6 is 0 Å². The standard InChI is InChI=1S/C20H20N2O4/c1-12-5-7-14(8-6-12)18(23)17-13(2)16(10-21)19(24)22(20(17)25)11-15-4-3-9-26-15/h5-8,15,25H,3-4,9,11H2,1-2H3. The van der Waals surface area contributed by atoms with Crippen molar-refractivity contribution in [3.8, 4) is 11.9 Å². The molecule has 26 heavy (non-hydrogen) atoms. The molecule has 1 atom stereocenters. The minimum atomic E-state index is -0.599. The Bertz CT molecular complexity index is 946. The Labute approximate surface area is 151 Å². The summed E-state index contributed by atoms with van der Waals surface area (Å²) in [7, 11) is 0. The molecule has 0 spiro atoms. The maximum Gasteiger partial charge on any atom is 0.271 e. The molecule has 0 amide bonds. The minimum absolute atomic E-state index is 0.0111. The zero-order valence-electron chi connectivity index (χ0n) is 14.8. The Balaban J connectivity index is 2.14. The molecule has 0 radical (unpaired) electrons. The van der Waals surface area contributed by atoms with Gasteiger partial charge in [-0.1, -0.05) is 29.8 Å². The molecule has 6 nitrogen and oxygen atoms in total. The van der Waals surface area contributed by atoms with Crippen molar-refractivity contribution < 1.29 is 14.6 Å². The van der Waals surface area contributed by atoms with E-state index in [-0.39, 0.29) is 29.3 Å². The second-order valence-electron chi connectivity index (χ2n) is 6.56. The summed E-state index contributed by atoms with van der Waals surface area (Å²) in [5.41, 5.74) is 0.852. The fraction of sp³-hybridized carbons (Fsp3) is 0.350. The number of hydrogen-bond donors (Lipinski definition) is 1. The monoisotopic (exact) mass is 352 g/mol. The minimum Gasteiger partial charge on any atom is -0.494 e. The molecule has 1 aliphatic rings. The summed E-state index contributed by atoms with van der Waals surface area (Å²) in [6, 6.07) is 8.80. The molecule has 1 aromatic carbocycles. The van der Waals surface area contributed by atoms with E-state index in [0.717, 1.165) is 23.0 Å². The Morgan fingerprint density at radius 3 is 2.62 bits per heavy atom. The Morgan fingerprint density at radius 2 is 2.04 bits per heavy atom. The molecule has 3 rings (SSSR count). The van der Waals surface area contributed by atoms with E-state index in [1.807, 2.05) is 13.0 Å². The van der Waals surface area contributed by atoms with Crippen molar-refractivity contribution in [1.82, 2.24) is 4.57 Å². The Hall–Kier alpha value is -2.91. The molecular formula is C20H20N2O4. The summed E-state index contributed by atoms with van der Waals surface area (Å²) in [5, 5.41) is 20.1. The van der Waals surface area contributed by atoms with E-state index in [4.69, 9.17) is 4.74 Å². The molecule has 1 aromatic heterocycles. The van der Waals surface area contributed by atoms with Gasteiger partial charge in [0.05, 0.1) is 18.2 Å². The third-order valence-corrected chi connectivity index (χ3v) is 4.75. The second kappa shape index (κ2) is 7.14. The number of aryl methyl sites for hydroxylation is 1. The normalized spacial score (nSPS) is 16.4. The molecule has 2 aromatic rings. The van der Waals surface area contributed by atoms with Crippen LogP contribution in [-0.2, 0) is 11.3 Å². The van der Waals surface area contributed by atoms with Crippen LogP contribution in [0.4, 0.5) is 0 Å². The van der Waals surface area contributed by atoms with Gasteiger partial charge in [0.2, 0.25) is 5.88 Å². The number of carbonyl (C=O) groups excluding carboxylic acids is 1. The quantitative estimate of drug-likeness (QED) is 0.853. The summed E-state index contributed by atoms with van der Waals surface area (Å²) in [5.74, 6) is -0.829. The average molecular weight is 352 g/mol. The number of ether oxygens (including phenoxy) is 1. The van der Waals surface area contributed by atoms with Crippen LogP contribution in [0.2, 0.25) is 0 Å². The predicted octanol–water partition coefficient (Wildman–Crippen LogP) is 2.45. The highest BCUT2D eigenvalue weighted by Gasteiger charge is 2.27. The van der Waals surface area contributed by atoms with Crippen LogP contribution in [0.3, 0.4) is 0 Å². The molecule has 1 fully saturated rings. The molecule has 1 unspecified atom stereocenters. The maximum atomic E-state index is 13.0. The van der Waals surface area contributed by atoms with Crippen molar-refractivity contribution >= 4 is 5.78 Å². The maximum absolute atomic E-state index is 13.0. The molecule has 1 N–H and O–H groups in total. The molecule has 0 saturated carbocycles. The molecule has 1 aliphatic heterocycles. The second-order valence-corrected chi connectivity index (χ2v) is 6.56. The number of aromatic nitrogens is 1. The molecule has 0 bridgehead atoms. The number of rotatable bonds is 4. The first-order valence-corrected chi connectivity index (χ1v) is 8.53. The Morgan fingerprint density at radius 1 is 1.35 bits per heavy atom. The fourth-order valence-electron chi connectivity index (χ4n) is 3.23. The van der Waals surface area contributed by atoms with Crippen LogP contribution in [0, 0.1) is 25.2 Å². The molecule has 134 valence electrons. The first kappa shape index (κ1) is 17.9. The molecule has 6 heteroatoms. The molecule has 0 aliphatic carbocycles. The van der Waals surface area contributed by atoms with E-state index >= 15 is 0 Å². The number of pyridine rings is 1. The zero-order chi connectivity index (χ0) is 18.8. The summed E-state index contributed by atoms with van der Waals surface area (Å²) in [6.45, 7) is 4.14. The smallest absolute Gasteiger partial charge is 0.271 e. The van der Waals surface area contributed by atoms with Gasteiger partial charge in [-0.3, -0.25) is 14.2 Å². The van der Waals surface area contributed by atoms with Gasteiger partial charge in [0.15, 0.2) is 5.78 Å². The van der Waals surface area contributed by atoms with E-state index in [1.54, 1.807) is 24.3 Å². The number of nitriles is 1. The van der Waals surface area contributed by atoms with Gasteiger partial charge in [-0.25, -0.2) is 0 Å². The first-order valence-electron chi connectivity index (χ1n) is 8.53. The van der Waals surface area contributed by atoms with Gasteiger partial charge >= 0.3 is 0 Å². The van der Waals surface area contributed by atoms with Gasteiger partial charge in [-0.15, -0.1) is 0 Å². The highest BCUT2D eigenvalue weighted by molar-refractivity contribution is 6.11. The number of ketones is 1. The van der Waals surface area contributed by atoms with Crippen molar-refractivity contribution in [2.45, 2.75) is 39.3 Å². The van der Waals surface area contributed by atoms with Crippen molar-refractivity contribution in [3.63, 3.8) is 0 Å². The lowest BCUT2D eigenvalue weighted by Crippen LogP contribution is -2.30. The van der Waals surface area contributed by atoms with Crippen LogP contribution in [-0.4, -0.2) is 28.2 Å². The van der Waals surface area contributed by atoms with Crippen LogP contribution in [0.15, 0.2) is 29.1 Å². The third-order valence-electron chi connectivity index (χ3n) is 4.75. The SMILES string of the molecule is Cc1ccc(C(=O)c2c(C)c(C#N)c(=O)n(CC3CCCO3)c2O)cc1. The number of aromatic hydroxyl groups is 1. The van der Waals surface area contributed by atoms with Gasteiger partial charge in [-0.2, -0.15) is 5.26 Å². The highest BCUT2D eigenvalue weighted by atomic mass is 16.5. The van der Waals surface area contributed by atoms with E-state index in [1.165, 1.54) is 6.92 Å². The lowest BCUT2D eigenvalue weighted by molar-refractivity contribution is 0.0929. The van der Waals surface area contributed by atoms with Gasteiger partial charge in [-0.05, 0) is 32.3 Å². The van der Waals surface area contributed by atoms with E-state index < -0.39 is 17.2 Å². The van der Waals surface area contributed by atoms with E-state index in [9.17, 15) is 20.0 Å². The van der Waals surface area contributed by atoms with Crippen LogP contribution in [0.5, 0.6) is 5.88 Å². The van der Waals surface area contributed by atoms with Crippen LogP contribution < -0.4 is 5.56 Å². The van der Waals surface area contributed by atoms with Crippen LogP contribution in [0.1, 0.15) is 45.5 Å². The van der Waals surface area contributed by atoms with Gasteiger partial charge in [0.25, 0.3) is 5.56 Å². The largest absolute Gasteiger partial charge is 0.494 e. The summed E-state index contributed by atoms with van der Waals surface area (Å²) >= 11 is 0. The van der Waals surface area contributed by atoms with Crippen LogP contribution in [0.25, 0.3) is 0 Å². The van der Waals surface area contributed by atoms with Gasteiger partial charge in [0, 0.05) is 12.2 Å². The topological polar surface area (TPSA) is 92.3 Å². The summed E-state index contributed by atoms with van der Waals surface area (Å²) in [4.78, 5) is 25.6. The summed E-state index contributed by atoms with van der Waals surface area (Å²) < 4.78 is 6.62. The Kier molecular flexibility index (Phi) is 4.92. The molecular weight excluding hydrogens is 332 g/mol. The van der Waals surface area contributed by atoms with Crippen molar-refractivity contribution in [1.29, 1.82) is 5.26 Å². The third kappa shape index (κ3) is 3.14. The average Bonchev–Trinajstić information content (AvgIpc) is 3.13. The van der Waals surface area contributed by atoms with Crippen molar-refractivity contribution in [3.05, 3.63) is 62.4 Å². The van der Waals surface area contributed by atoms with E-state index in [2.05, 4.69) is 0 Å². The van der Waals surface area contributed by atoms with Crippen molar-refractivity contribution in [2.75, 3.05) is 6.61 Å². The van der Waals surface area contributed by atoms with E-state index in [0.29, 0.717) is 12.2 Å². The molecule has 1 saturated heterocycles. The highest BCUT2D eigenvalue weighted by Crippen LogP contribution is 2.26. The lowest BCUT2D eigenvalue weighted by Gasteiger charge is -2.18. The fourth-order valence-corrected chi connectivity index (χ4v) is 3.23. The lowest BCUT2D eigenvalue weighted by atomic mass is 9.96. The molecule has 2 heterocycles. The number of carbonyl (C=O) groups is 1. The number of benzene rings is 1. The van der Waals surface area contributed by atoms with Crippen molar-refractivity contribution in [2.24, 2.45) is 0 Å². The van der Waals surface area contributed by atoms with Gasteiger partial charge in [0.1, 0.15) is 11.6 Å².